The largest absolute Gasteiger partial charge is 0.422 e. The number of fused-ring (bicyclic) bond motifs is 2. The quantitative estimate of drug-likeness (QED) is 0.234. The minimum absolute atomic E-state index is 0.0670. The van der Waals surface area contributed by atoms with Gasteiger partial charge in [-0.3, -0.25) is 9.48 Å². The Morgan fingerprint density at radius 1 is 1.05 bits per heavy atom. The normalized spacial score (nSPS) is 13.9. The number of morpholine rings is 1. The minimum atomic E-state index is -0.650. The van der Waals surface area contributed by atoms with Gasteiger partial charge in [0.05, 0.1) is 30.1 Å². The van der Waals surface area contributed by atoms with Gasteiger partial charge in [-0.1, -0.05) is 19.9 Å². The van der Waals surface area contributed by atoms with E-state index in [0.29, 0.717) is 60.5 Å². The predicted octanol–water partition coefficient (Wildman–Crippen LogP) is 5.04. The first-order valence-corrected chi connectivity index (χ1v) is 13.3. The molecule has 0 bridgehead atoms. The second-order valence-electron chi connectivity index (χ2n) is 10.3. The lowest BCUT2D eigenvalue weighted by Gasteiger charge is -2.30. The van der Waals surface area contributed by atoms with Crippen LogP contribution in [0.2, 0.25) is 0 Å². The second kappa shape index (κ2) is 10.2. The van der Waals surface area contributed by atoms with Gasteiger partial charge in [0.2, 0.25) is 5.95 Å². The molecule has 1 saturated heterocycles. The van der Waals surface area contributed by atoms with E-state index in [2.05, 4.69) is 35.3 Å². The van der Waals surface area contributed by atoms with Crippen LogP contribution in [0.4, 0.5) is 17.3 Å². The van der Waals surface area contributed by atoms with Crippen LogP contribution in [0.15, 0.2) is 57.9 Å². The third-order valence-corrected chi connectivity index (χ3v) is 7.19. The molecule has 0 spiro atoms. The van der Waals surface area contributed by atoms with Gasteiger partial charge in [0.1, 0.15) is 11.1 Å². The van der Waals surface area contributed by atoms with E-state index in [9.17, 15) is 9.59 Å². The average molecular weight is 539 g/mol. The third kappa shape index (κ3) is 4.60. The van der Waals surface area contributed by atoms with Crippen molar-refractivity contribution in [1.29, 1.82) is 0 Å². The highest BCUT2D eigenvalue weighted by Crippen LogP contribution is 2.33. The summed E-state index contributed by atoms with van der Waals surface area (Å²) in [6.45, 7) is 7.93. The van der Waals surface area contributed by atoms with E-state index in [-0.39, 0.29) is 11.3 Å². The van der Waals surface area contributed by atoms with Crippen molar-refractivity contribution >= 4 is 45.0 Å². The van der Waals surface area contributed by atoms with Crippen LogP contribution < -0.4 is 15.8 Å². The van der Waals surface area contributed by atoms with Crippen LogP contribution in [0.5, 0.6) is 0 Å². The Labute approximate surface area is 230 Å². The molecule has 0 amide bonds. The fourth-order valence-electron chi connectivity index (χ4n) is 5.46. The van der Waals surface area contributed by atoms with Gasteiger partial charge in [-0.25, -0.2) is 14.8 Å². The van der Waals surface area contributed by atoms with Crippen molar-refractivity contribution < 1.29 is 13.9 Å². The van der Waals surface area contributed by atoms with Crippen molar-refractivity contribution in [2.75, 3.05) is 36.5 Å². The molecule has 3 aromatic heterocycles. The van der Waals surface area contributed by atoms with Crippen LogP contribution in [0.25, 0.3) is 33.1 Å². The molecule has 1 aliphatic heterocycles. The zero-order valence-electron chi connectivity index (χ0n) is 22.9. The maximum absolute atomic E-state index is 12.9. The molecule has 6 rings (SSSR count). The van der Waals surface area contributed by atoms with E-state index >= 15 is 0 Å². The van der Waals surface area contributed by atoms with Crippen LogP contribution in [0, 0.1) is 0 Å². The maximum Gasteiger partial charge on any atom is 0.349 e. The lowest BCUT2D eigenvalue weighted by molar-refractivity contribution is 0.101. The van der Waals surface area contributed by atoms with Crippen LogP contribution in [-0.2, 0) is 11.8 Å². The molecule has 4 heterocycles. The van der Waals surface area contributed by atoms with Gasteiger partial charge < -0.3 is 19.4 Å². The molecule has 0 saturated carbocycles. The van der Waals surface area contributed by atoms with Crippen molar-refractivity contribution in [2.24, 2.45) is 7.05 Å². The molecular weight excluding hydrogens is 508 g/mol. The Morgan fingerprint density at radius 2 is 1.85 bits per heavy atom. The Kier molecular flexibility index (Phi) is 6.55. The second-order valence-corrected chi connectivity index (χ2v) is 10.3. The predicted molar refractivity (Wildman–Crippen MR) is 155 cm³/mol. The van der Waals surface area contributed by atoms with Crippen molar-refractivity contribution in [1.82, 2.24) is 19.7 Å². The standard InChI is InChI=1S/C30H30N6O4/c1-17(2)27-22-15-19(5-8-24(22)34-35(27)4)23-9-10-31-30(33-23)32-20-6-7-21-25(16-20)40-29(38)26(18(3)37)28(21)36-11-13-39-14-12-36/h5-10,15-17H,11-14H2,1-4H3,(H,31,32,33). The number of ether oxygens (including phenoxy) is 1. The van der Waals surface area contributed by atoms with Crippen molar-refractivity contribution in [3.63, 3.8) is 0 Å². The van der Waals surface area contributed by atoms with Gasteiger partial charge >= 0.3 is 5.63 Å². The molecule has 1 N–H and O–H groups in total. The molecule has 1 aliphatic rings. The summed E-state index contributed by atoms with van der Waals surface area (Å²) < 4.78 is 13.0. The molecule has 1 fully saturated rings. The highest BCUT2D eigenvalue weighted by Gasteiger charge is 2.24. The van der Waals surface area contributed by atoms with E-state index in [1.165, 1.54) is 12.6 Å². The summed E-state index contributed by atoms with van der Waals surface area (Å²) >= 11 is 0. The highest BCUT2D eigenvalue weighted by molar-refractivity contribution is 6.07. The van der Waals surface area contributed by atoms with Gasteiger partial charge in [0.25, 0.3) is 0 Å². The van der Waals surface area contributed by atoms with Gasteiger partial charge in [-0.05, 0) is 43.2 Å². The van der Waals surface area contributed by atoms with Crippen LogP contribution in [0.1, 0.15) is 42.7 Å². The summed E-state index contributed by atoms with van der Waals surface area (Å²) in [6, 6.07) is 13.5. The van der Waals surface area contributed by atoms with E-state index in [0.717, 1.165) is 22.2 Å². The zero-order chi connectivity index (χ0) is 28.0. The summed E-state index contributed by atoms with van der Waals surface area (Å²) in [5, 5.41) is 9.67. The smallest absolute Gasteiger partial charge is 0.349 e. The lowest BCUT2D eigenvalue weighted by atomic mass is 10.0. The number of carbonyl (C=O) groups excluding carboxylic acids is 1. The number of anilines is 3. The number of nitrogens with zero attached hydrogens (tertiary/aromatic N) is 5. The van der Waals surface area contributed by atoms with Gasteiger partial charge in [0, 0.05) is 60.1 Å². The Balaban J connectivity index is 1.35. The highest BCUT2D eigenvalue weighted by atomic mass is 16.5. The minimum Gasteiger partial charge on any atom is -0.422 e. The molecule has 10 heteroatoms. The fraction of sp³-hybridized carbons (Fsp3) is 0.300. The number of hydrogen-bond acceptors (Lipinski definition) is 9. The van der Waals surface area contributed by atoms with Crippen LogP contribution in [-0.4, -0.2) is 51.8 Å². The number of aryl methyl sites for hydroxylation is 1. The summed E-state index contributed by atoms with van der Waals surface area (Å²) in [4.78, 5) is 36.4. The number of rotatable bonds is 6. The number of ketones is 1. The van der Waals surface area contributed by atoms with Gasteiger partial charge in [0.15, 0.2) is 5.78 Å². The molecular formula is C30H30N6O4. The Hall–Kier alpha value is -4.57. The molecule has 0 atom stereocenters. The molecule has 0 unspecified atom stereocenters. The van der Waals surface area contributed by atoms with E-state index in [1.54, 1.807) is 12.3 Å². The molecule has 40 heavy (non-hydrogen) atoms. The number of nitrogens with one attached hydrogen (secondary N) is 1. The molecule has 204 valence electrons. The lowest BCUT2D eigenvalue weighted by Crippen LogP contribution is -2.38. The monoisotopic (exact) mass is 538 g/mol. The summed E-state index contributed by atoms with van der Waals surface area (Å²) in [5.41, 5.74) is 4.90. The summed E-state index contributed by atoms with van der Waals surface area (Å²) in [7, 11) is 1.97. The molecule has 10 nitrogen and oxygen atoms in total. The zero-order valence-corrected chi connectivity index (χ0v) is 22.9. The molecule has 0 aliphatic carbocycles. The van der Waals surface area contributed by atoms with Crippen molar-refractivity contribution in [3.05, 3.63) is 70.3 Å². The first-order chi connectivity index (χ1) is 19.3. The SMILES string of the molecule is CC(=O)c1c(N2CCOCC2)c2ccc(Nc3nccc(-c4ccc5nn(C)c(C(C)C)c5c4)n3)cc2oc1=O. The van der Waals surface area contributed by atoms with E-state index in [4.69, 9.17) is 14.1 Å². The number of aromatic nitrogens is 4. The van der Waals surface area contributed by atoms with Gasteiger partial charge in [-0.2, -0.15) is 5.10 Å². The molecule has 0 radical (unpaired) electrons. The third-order valence-electron chi connectivity index (χ3n) is 7.19. The number of Topliss-reactive ketones (excluding diaryl/α,β-unsaturated/α-hetero) is 1. The molecule has 2 aromatic carbocycles. The van der Waals surface area contributed by atoms with E-state index in [1.807, 2.05) is 47.0 Å². The van der Waals surface area contributed by atoms with Crippen molar-refractivity contribution in [2.45, 2.75) is 26.7 Å². The van der Waals surface area contributed by atoms with Gasteiger partial charge in [-0.15, -0.1) is 0 Å². The molecule has 5 aromatic rings. The average Bonchev–Trinajstić information content (AvgIpc) is 3.27. The summed E-state index contributed by atoms with van der Waals surface area (Å²) in [5.74, 6) is 0.411. The number of benzene rings is 2. The number of carbonyl (C=O) groups is 1. The number of hydrogen-bond donors (Lipinski definition) is 1. The van der Waals surface area contributed by atoms with Crippen LogP contribution >= 0.6 is 0 Å². The van der Waals surface area contributed by atoms with E-state index < -0.39 is 5.63 Å². The fourth-order valence-corrected chi connectivity index (χ4v) is 5.46. The first-order valence-electron chi connectivity index (χ1n) is 13.3. The summed E-state index contributed by atoms with van der Waals surface area (Å²) in [6.07, 6.45) is 1.71. The Morgan fingerprint density at radius 3 is 2.60 bits per heavy atom. The Bertz CT molecular complexity index is 1820. The van der Waals surface area contributed by atoms with Crippen LogP contribution in [0.3, 0.4) is 0 Å². The maximum atomic E-state index is 12.9. The first kappa shape index (κ1) is 25.7. The van der Waals surface area contributed by atoms with Crippen molar-refractivity contribution in [3.8, 4) is 11.3 Å². The topological polar surface area (TPSA) is 115 Å².